The molecule has 0 spiro atoms. The molecule has 0 saturated carbocycles. The minimum atomic E-state index is -0.887. The highest BCUT2D eigenvalue weighted by Crippen LogP contribution is 2.14. The van der Waals surface area contributed by atoms with Crippen molar-refractivity contribution < 1.29 is 14.6 Å². The molecule has 0 amide bonds. The molecule has 1 rings (SSSR count). The first-order valence-corrected chi connectivity index (χ1v) is 4.32. The average molecular weight is 195 g/mol. The molecule has 1 aromatic rings. The Morgan fingerprint density at radius 2 is 2.36 bits per heavy atom. The fraction of sp³-hybridized carbons (Fsp3) is 0.400. The van der Waals surface area contributed by atoms with Gasteiger partial charge in [0.2, 0.25) is 0 Å². The highest BCUT2D eigenvalue weighted by atomic mass is 16.5. The first-order chi connectivity index (χ1) is 6.63. The molecule has 4 nitrogen and oxygen atoms in total. The summed E-state index contributed by atoms with van der Waals surface area (Å²) in [5.74, 6) is -0.444. The van der Waals surface area contributed by atoms with Crippen LogP contribution in [-0.2, 0) is 9.53 Å². The first-order valence-electron chi connectivity index (χ1n) is 4.32. The minimum absolute atomic E-state index is 0.0625. The number of nitrogens with zero attached hydrogens (tertiary/aromatic N) is 1. The van der Waals surface area contributed by atoms with Gasteiger partial charge in [0.15, 0.2) is 0 Å². The minimum Gasteiger partial charge on any atom is -0.469 e. The summed E-state index contributed by atoms with van der Waals surface area (Å²) in [7, 11) is 1.29. The van der Waals surface area contributed by atoms with Crippen LogP contribution < -0.4 is 0 Å². The van der Waals surface area contributed by atoms with E-state index in [1.165, 1.54) is 7.11 Å². The number of aliphatic hydroxyl groups is 1. The molecular formula is C10H13NO3. The lowest BCUT2D eigenvalue weighted by Gasteiger charge is -2.08. The lowest BCUT2D eigenvalue weighted by molar-refractivity contribution is -0.142. The van der Waals surface area contributed by atoms with Gasteiger partial charge in [-0.2, -0.15) is 0 Å². The summed E-state index contributed by atoms with van der Waals surface area (Å²) in [4.78, 5) is 15.0. The van der Waals surface area contributed by atoms with Crippen LogP contribution in [-0.4, -0.2) is 23.2 Å². The van der Waals surface area contributed by atoms with E-state index in [-0.39, 0.29) is 6.42 Å². The predicted molar refractivity (Wildman–Crippen MR) is 50.6 cm³/mol. The second kappa shape index (κ2) is 4.72. The van der Waals surface area contributed by atoms with Gasteiger partial charge in [0.05, 0.1) is 19.2 Å². The summed E-state index contributed by atoms with van der Waals surface area (Å²) in [5.41, 5.74) is 1.31. The van der Waals surface area contributed by atoms with Crippen molar-refractivity contribution in [1.29, 1.82) is 0 Å². The summed E-state index contributed by atoms with van der Waals surface area (Å²) in [6.07, 6.45) is -0.949. The average Bonchev–Trinajstić information content (AvgIpc) is 2.17. The van der Waals surface area contributed by atoms with Crippen LogP contribution >= 0.6 is 0 Å². The van der Waals surface area contributed by atoms with Crippen LogP contribution in [0, 0.1) is 6.92 Å². The summed E-state index contributed by atoms with van der Waals surface area (Å²) < 4.78 is 4.45. The number of esters is 1. The van der Waals surface area contributed by atoms with Gasteiger partial charge in [0.25, 0.3) is 0 Å². The summed E-state index contributed by atoms with van der Waals surface area (Å²) in [6, 6.07) is 5.30. The second-order valence-electron chi connectivity index (χ2n) is 3.00. The number of aromatic nitrogens is 1. The van der Waals surface area contributed by atoms with Crippen molar-refractivity contribution in [2.45, 2.75) is 19.4 Å². The molecule has 0 aromatic carbocycles. The second-order valence-corrected chi connectivity index (χ2v) is 3.00. The van der Waals surface area contributed by atoms with Gasteiger partial charge >= 0.3 is 5.97 Å². The Morgan fingerprint density at radius 3 is 2.93 bits per heavy atom. The zero-order chi connectivity index (χ0) is 10.6. The number of hydrogen-bond donors (Lipinski definition) is 1. The van der Waals surface area contributed by atoms with Crippen molar-refractivity contribution in [3.63, 3.8) is 0 Å². The molecule has 0 aliphatic carbocycles. The van der Waals surface area contributed by atoms with E-state index >= 15 is 0 Å². The number of methoxy groups -OCH3 is 1. The maximum Gasteiger partial charge on any atom is 0.308 e. The molecular weight excluding hydrogens is 182 g/mol. The Bertz CT molecular complexity index is 325. The van der Waals surface area contributed by atoms with Crippen LogP contribution in [0.2, 0.25) is 0 Å². The molecule has 1 aromatic heterocycles. The summed E-state index contributed by atoms with van der Waals surface area (Å²) in [6.45, 7) is 1.83. The van der Waals surface area contributed by atoms with E-state index in [9.17, 15) is 9.90 Å². The van der Waals surface area contributed by atoms with Gasteiger partial charge in [-0.15, -0.1) is 0 Å². The van der Waals surface area contributed by atoms with E-state index in [1.807, 2.05) is 13.0 Å². The van der Waals surface area contributed by atoms with Crippen LogP contribution in [0.25, 0.3) is 0 Å². The van der Waals surface area contributed by atoms with E-state index in [1.54, 1.807) is 12.1 Å². The largest absolute Gasteiger partial charge is 0.469 e. The third-order valence-corrected chi connectivity index (χ3v) is 1.84. The molecule has 0 unspecified atom stereocenters. The molecule has 1 N–H and O–H groups in total. The molecule has 0 aliphatic rings. The molecule has 0 fully saturated rings. The number of hydrogen-bond acceptors (Lipinski definition) is 4. The van der Waals surface area contributed by atoms with Gasteiger partial charge in [-0.05, 0) is 19.1 Å². The molecule has 1 heterocycles. The third-order valence-electron chi connectivity index (χ3n) is 1.84. The van der Waals surface area contributed by atoms with E-state index in [2.05, 4.69) is 9.72 Å². The normalized spacial score (nSPS) is 12.2. The molecule has 0 aliphatic heterocycles. The van der Waals surface area contributed by atoms with Crippen molar-refractivity contribution >= 4 is 5.97 Å². The molecule has 0 saturated heterocycles. The smallest absolute Gasteiger partial charge is 0.308 e. The zero-order valence-electron chi connectivity index (χ0n) is 8.23. The van der Waals surface area contributed by atoms with Crippen molar-refractivity contribution in [3.8, 4) is 0 Å². The molecule has 14 heavy (non-hydrogen) atoms. The standard InChI is InChI=1S/C10H13NO3/c1-7-4-3-5-8(11-7)9(12)6-10(13)14-2/h3-5,9,12H,6H2,1-2H3/t9-/m1/s1. The van der Waals surface area contributed by atoms with Gasteiger partial charge in [0, 0.05) is 5.69 Å². The number of carbonyl (C=O) groups is 1. The number of aryl methyl sites for hydroxylation is 1. The Kier molecular flexibility index (Phi) is 3.59. The number of ether oxygens (including phenoxy) is 1. The fourth-order valence-electron chi connectivity index (χ4n) is 1.10. The number of rotatable bonds is 3. The Hall–Kier alpha value is -1.42. The SMILES string of the molecule is COC(=O)C[C@@H](O)c1cccc(C)n1. The highest BCUT2D eigenvalue weighted by molar-refractivity contribution is 5.69. The van der Waals surface area contributed by atoms with Gasteiger partial charge in [-0.25, -0.2) is 0 Å². The van der Waals surface area contributed by atoms with Gasteiger partial charge in [-0.1, -0.05) is 6.07 Å². The topological polar surface area (TPSA) is 59.4 Å². The van der Waals surface area contributed by atoms with Crippen LogP contribution in [0.4, 0.5) is 0 Å². The van der Waals surface area contributed by atoms with Crippen molar-refractivity contribution in [1.82, 2.24) is 4.98 Å². The van der Waals surface area contributed by atoms with Crippen LogP contribution in [0.1, 0.15) is 23.9 Å². The van der Waals surface area contributed by atoms with Crippen molar-refractivity contribution in [2.24, 2.45) is 0 Å². The Morgan fingerprint density at radius 1 is 1.64 bits per heavy atom. The predicted octanol–water partition coefficient (Wildman–Crippen LogP) is 0.987. The lowest BCUT2D eigenvalue weighted by Crippen LogP contribution is -2.09. The van der Waals surface area contributed by atoms with Gasteiger partial charge in [0.1, 0.15) is 6.10 Å². The molecule has 0 radical (unpaired) electrons. The van der Waals surface area contributed by atoms with Crippen LogP contribution in [0.5, 0.6) is 0 Å². The van der Waals surface area contributed by atoms with Gasteiger partial charge in [-0.3, -0.25) is 9.78 Å². The summed E-state index contributed by atoms with van der Waals surface area (Å²) in [5, 5.41) is 9.58. The van der Waals surface area contributed by atoms with Crippen molar-refractivity contribution in [2.75, 3.05) is 7.11 Å². The maximum absolute atomic E-state index is 10.9. The monoisotopic (exact) mass is 195 g/mol. The number of pyridine rings is 1. The zero-order valence-corrected chi connectivity index (χ0v) is 8.23. The van der Waals surface area contributed by atoms with E-state index < -0.39 is 12.1 Å². The van der Waals surface area contributed by atoms with Crippen LogP contribution in [0.15, 0.2) is 18.2 Å². The Balaban J connectivity index is 2.69. The van der Waals surface area contributed by atoms with E-state index in [0.717, 1.165) is 5.69 Å². The Labute approximate surface area is 82.5 Å². The molecule has 1 atom stereocenters. The molecule has 4 heteroatoms. The first kappa shape index (κ1) is 10.7. The van der Waals surface area contributed by atoms with Gasteiger partial charge < -0.3 is 9.84 Å². The van der Waals surface area contributed by atoms with E-state index in [4.69, 9.17) is 0 Å². The number of carbonyl (C=O) groups excluding carboxylic acids is 1. The summed E-state index contributed by atoms with van der Waals surface area (Å²) >= 11 is 0. The highest BCUT2D eigenvalue weighted by Gasteiger charge is 2.14. The third kappa shape index (κ3) is 2.81. The number of aliphatic hydroxyl groups excluding tert-OH is 1. The lowest BCUT2D eigenvalue weighted by atomic mass is 10.1. The fourth-order valence-corrected chi connectivity index (χ4v) is 1.10. The maximum atomic E-state index is 10.9. The quantitative estimate of drug-likeness (QED) is 0.730. The van der Waals surface area contributed by atoms with Crippen LogP contribution in [0.3, 0.4) is 0 Å². The molecule has 76 valence electrons. The van der Waals surface area contributed by atoms with E-state index in [0.29, 0.717) is 5.69 Å². The van der Waals surface area contributed by atoms with Crippen molar-refractivity contribution in [3.05, 3.63) is 29.6 Å². The molecule has 0 bridgehead atoms.